The van der Waals surface area contributed by atoms with Gasteiger partial charge in [-0.15, -0.1) is 0 Å². The second kappa shape index (κ2) is 10.5. The van der Waals surface area contributed by atoms with Crippen LogP contribution >= 0.6 is 39.0 Å². The molecule has 13 heteroatoms. The fourth-order valence-electron chi connectivity index (χ4n) is 5.13. The number of anilines is 1. The van der Waals surface area contributed by atoms with E-state index >= 15 is 0 Å². The maximum Gasteiger partial charge on any atom is 0.305 e. The van der Waals surface area contributed by atoms with Crippen LogP contribution in [0.15, 0.2) is 56.8 Å². The summed E-state index contributed by atoms with van der Waals surface area (Å²) in [4.78, 5) is 58.5. The minimum atomic E-state index is -0.849. The SMILES string of the molecule is O=C(COc1ccc(Br)cc1[C@H]1c2sc(=O)[nH]c2SC2C(=O)N(c3ccc(F)cc3)C(=O)C21)N1CCOCC1. The van der Waals surface area contributed by atoms with Gasteiger partial charge in [-0.05, 0) is 42.5 Å². The van der Waals surface area contributed by atoms with Gasteiger partial charge in [-0.25, -0.2) is 9.29 Å². The summed E-state index contributed by atoms with van der Waals surface area (Å²) in [6, 6.07) is 10.4. The molecule has 2 aromatic carbocycles. The number of ether oxygens (including phenoxy) is 2. The largest absolute Gasteiger partial charge is 0.483 e. The highest BCUT2D eigenvalue weighted by molar-refractivity contribution is 9.10. The van der Waals surface area contributed by atoms with E-state index < -0.39 is 34.7 Å². The van der Waals surface area contributed by atoms with Crippen molar-refractivity contribution < 1.29 is 28.2 Å². The third-order valence-corrected chi connectivity index (χ3v) is 9.82. The average molecular weight is 635 g/mol. The van der Waals surface area contributed by atoms with E-state index in [4.69, 9.17) is 9.47 Å². The Bertz CT molecular complexity index is 1520. The molecule has 1 aromatic heterocycles. The molecule has 4 heterocycles. The van der Waals surface area contributed by atoms with Crippen molar-refractivity contribution in [2.75, 3.05) is 37.8 Å². The summed E-state index contributed by atoms with van der Waals surface area (Å²) in [6.45, 7) is 1.68. The number of amides is 3. The summed E-state index contributed by atoms with van der Waals surface area (Å²) in [6.07, 6.45) is 0. The number of rotatable bonds is 5. The van der Waals surface area contributed by atoms with E-state index in [9.17, 15) is 23.6 Å². The van der Waals surface area contributed by atoms with E-state index in [0.29, 0.717) is 52.0 Å². The zero-order valence-electron chi connectivity index (χ0n) is 20.2. The standard InChI is InChI=1S/C26H21BrFN3O6S2/c27-13-1-6-17(37-12-18(32)30-7-9-36-10-8-30)16(11-13)19-20-22(38-23-21(19)39-26(35)29-23)25(34)31(24(20)33)15-4-2-14(28)3-5-15/h1-6,11,19-20,22H,7-10,12H2,(H,29,35)/t19-,20?,22?/m1/s1. The number of fused-ring (bicyclic) bond motifs is 2. The fourth-order valence-corrected chi connectivity index (χ4v) is 8.02. The number of halogens is 2. The van der Waals surface area contributed by atoms with Gasteiger partial charge in [0, 0.05) is 33.9 Å². The lowest BCUT2D eigenvalue weighted by Crippen LogP contribution is -2.43. The van der Waals surface area contributed by atoms with Gasteiger partial charge >= 0.3 is 4.87 Å². The van der Waals surface area contributed by atoms with Gasteiger partial charge in [-0.3, -0.25) is 19.2 Å². The molecule has 9 nitrogen and oxygen atoms in total. The molecule has 0 saturated carbocycles. The van der Waals surface area contributed by atoms with Crippen molar-refractivity contribution in [3.8, 4) is 5.75 Å². The molecular formula is C26H21BrFN3O6S2. The molecule has 2 unspecified atom stereocenters. The number of morpholine rings is 1. The Morgan fingerprint density at radius 2 is 1.85 bits per heavy atom. The first-order valence-electron chi connectivity index (χ1n) is 12.1. The second-order valence-corrected chi connectivity index (χ2v) is 12.3. The lowest BCUT2D eigenvalue weighted by atomic mass is 9.82. The number of aromatic nitrogens is 1. The summed E-state index contributed by atoms with van der Waals surface area (Å²) < 4.78 is 25.6. The molecule has 0 aliphatic carbocycles. The highest BCUT2D eigenvalue weighted by Gasteiger charge is 2.56. The molecular weight excluding hydrogens is 613 g/mol. The van der Waals surface area contributed by atoms with Gasteiger partial charge in [0.05, 0.1) is 29.8 Å². The lowest BCUT2D eigenvalue weighted by Gasteiger charge is -2.31. The van der Waals surface area contributed by atoms with Crippen LogP contribution in [-0.2, 0) is 19.1 Å². The predicted molar refractivity (Wildman–Crippen MR) is 146 cm³/mol. The summed E-state index contributed by atoms with van der Waals surface area (Å²) >= 11 is 5.63. The van der Waals surface area contributed by atoms with Crippen LogP contribution in [0.4, 0.5) is 10.1 Å². The van der Waals surface area contributed by atoms with Crippen LogP contribution in [-0.4, -0.2) is 65.8 Å². The summed E-state index contributed by atoms with van der Waals surface area (Å²) in [5, 5.41) is -0.291. The quantitative estimate of drug-likeness (QED) is 0.429. The van der Waals surface area contributed by atoms with Crippen molar-refractivity contribution in [1.29, 1.82) is 0 Å². The van der Waals surface area contributed by atoms with Crippen LogP contribution in [0, 0.1) is 11.7 Å². The van der Waals surface area contributed by atoms with Gasteiger partial charge in [0.1, 0.15) is 16.8 Å². The molecule has 3 aliphatic heterocycles. The number of nitrogens with zero attached hydrogens (tertiary/aromatic N) is 2. The summed E-state index contributed by atoms with van der Waals surface area (Å²) in [7, 11) is 0. The number of benzene rings is 2. The Morgan fingerprint density at radius 3 is 2.59 bits per heavy atom. The number of H-pyrrole nitrogens is 1. The zero-order valence-corrected chi connectivity index (χ0v) is 23.4. The summed E-state index contributed by atoms with van der Waals surface area (Å²) in [5.41, 5.74) is 0.854. The smallest absolute Gasteiger partial charge is 0.305 e. The molecule has 3 aliphatic rings. The highest BCUT2D eigenvalue weighted by Crippen LogP contribution is 2.54. The van der Waals surface area contributed by atoms with Gasteiger partial charge in [-0.2, -0.15) is 0 Å². The number of hydrogen-bond acceptors (Lipinski definition) is 8. The average Bonchev–Trinajstić information content (AvgIpc) is 3.43. The maximum atomic E-state index is 13.9. The van der Waals surface area contributed by atoms with Crippen molar-refractivity contribution in [1.82, 2.24) is 9.88 Å². The van der Waals surface area contributed by atoms with Crippen molar-refractivity contribution in [2.45, 2.75) is 16.2 Å². The molecule has 6 rings (SSSR count). The second-order valence-electron chi connectivity index (χ2n) is 9.20. The van der Waals surface area contributed by atoms with Gasteiger partial charge in [0.2, 0.25) is 11.8 Å². The van der Waals surface area contributed by atoms with E-state index in [1.807, 2.05) is 0 Å². The van der Waals surface area contributed by atoms with Crippen LogP contribution < -0.4 is 14.5 Å². The van der Waals surface area contributed by atoms with Crippen molar-refractivity contribution in [2.24, 2.45) is 5.92 Å². The summed E-state index contributed by atoms with van der Waals surface area (Å²) in [5.74, 6) is -2.72. The van der Waals surface area contributed by atoms with Gasteiger partial charge in [-0.1, -0.05) is 39.0 Å². The Balaban J connectivity index is 1.39. The fraction of sp³-hybridized carbons (Fsp3) is 0.308. The number of aromatic amines is 1. The minimum Gasteiger partial charge on any atom is -0.483 e. The van der Waals surface area contributed by atoms with Crippen LogP contribution in [0.3, 0.4) is 0 Å². The van der Waals surface area contributed by atoms with Crippen molar-refractivity contribution in [3.63, 3.8) is 0 Å². The molecule has 0 spiro atoms. The van der Waals surface area contributed by atoms with E-state index in [2.05, 4.69) is 20.9 Å². The van der Waals surface area contributed by atoms with Crippen LogP contribution in [0.2, 0.25) is 0 Å². The Hall–Kier alpha value is -3.00. The first-order chi connectivity index (χ1) is 18.8. The molecule has 39 heavy (non-hydrogen) atoms. The first-order valence-corrected chi connectivity index (χ1v) is 14.6. The normalized spacial score (nSPS) is 22.6. The Labute approximate surface area is 238 Å². The predicted octanol–water partition coefficient (Wildman–Crippen LogP) is 3.37. The monoisotopic (exact) mass is 633 g/mol. The number of imide groups is 1. The number of carbonyl (C=O) groups excluding carboxylic acids is 3. The maximum absolute atomic E-state index is 13.9. The molecule has 202 valence electrons. The minimum absolute atomic E-state index is 0.189. The third-order valence-electron chi connectivity index (χ3n) is 6.93. The lowest BCUT2D eigenvalue weighted by molar-refractivity contribution is -0.137. The van der Waals surface area contributed by atoms with E-state index in [-0.39, 0.29) is 23.1 Å². The van der Waals surface area contributed by atoms with Crippen molar-refractivity contribution in [3.05, 3.63) is 72.9 Å². The topological polar surface area (TPSA) is 109 Å². The molecule has 3 atom stereocenters. The zero-order chi connectivity index (χ0) is 27.3. The molecule has 0 radical (unpaired) electrons. The molecule has 3 amide bonds. The molecule has 1 N–H and O–H groups in total. The number of thiazole rings is 1. The van der Waals surface area contributed by atoms with E-state index in [1.54, 1.807) is 23.1 Å². The third kappa shape index (κ3) is 4.81. The first kappa shape index (κ1) is 26.2. The van der Waals surface area contributed by atoms with Gasteiger partial charge < -0.3 is 19.4 Å². The van der Waals surface area contributed by atoms with Gasteiger partial charge in [0.15, 0.2) is 6.61 Å². The van der Waals surface area contributed by atoms with Gasteiger partial charge in [0.25, 0.3) is 5.91 Å². The number of thioether (sulfide) groups is 1. The van der Waals surface area contributed by atoms with Crippen LogP contribution in [0.25, 0.3) is 0 Å². The number of nitrogens with one attached hydrogen (secondary N) is 1. The highest BCUT2D eigenvalue weighted by atomic mass is 79.9. The molecule has 0 bridgehead atoms. The molecule has 2 fully saturated rings. The van der Waals surface area contributed by atoms with Crippen LogP contribution in [0.1, 0.15) is 16.4 Å². The molecule has 3 aromatic rings. The number of carbonyl (C=O) groups is 3. The number of hydrogen-bond donors (Lipinski definition) is 1. The van der Waals surface area contributed by atoms with Crippen LogP contribution in [0.5, 0.6) is 5.75 Å². The van der Waals surface area contributed by atoms with E-state index in [1.165, 1.54) is 24.3 Å². The Morgan fingerprint density at radius 1 is 1.10 bits per heavy atom. The van der Waals surface area contributed by atoms with Crippen molar-refractivity contribution >= 4 is 62.4 Å². The Kier molecular flexibility index (Phi) is 7.08. The van der Waals surface area contributed by atoms with E-state index in [0.717, 1.165) is 28.0 Å². The molecule has 2 saturated heterocycles.